The van der Waals surface area contributed by atoms with Gasteiger partial charge in [-0.25, -0.2) is 4.99 Å². The van der Waals surface area contributed by atoms with Crippen LogP contribution in [0.4, 0.5) is 13.2 Å². The van der Waals surface area contributed by atoms with Gasteiger partial charge in [-0.15, -0.1) is 10.2 Å². The summed E-state index contributed by atoms with van der Waals surface area (Å²) in [6, 6.07) is 3.99. The first kappa shape index (κ1) is 23.5. The molecule has 0 saturated heterocycles. The van der Waals surface area contributed by atoms with E-state index < -0.39 is 11.7 Å². The zero-order valence-electron chi connectivity index (χ0n) is 17.8. The lowest BCUT2D eigenvalue weighted by molar-refractivity contribution is -0.138. The maximum atomic E-state index is 13.5. The quantitative estimate of drug-likeness (QED) is 0.475. The van der Waals surface area contributed by atoms with Crippen LogP contribution in [0.2, 0.25) is 0 Å². The highest BCUT2D eigenvalue weighted by Crippen LogP contribution is 2.35. The smallest absolute Gasteiger partial charge is 0.416 e. The summed E-state index contributed by atoms with van der Waals surface area (Å²) in [6.45, 7) is 9.05. The number of ether oxygens (including phenoxy) is 1. The number of hydrogen-bond acceptors (Lipinski definition) is 4. The molecule has 0 atom stereocenters. The van der Waals surface area contributed by atoms with Crippen LogP contribution < -0.4 is 15.4 Å². The van der Waals surface area contributed by atoms with Crippen molar-refractivity contribution in [1.29, 1.82) is 0 Å². The normalized spacial score (nSPS) is 12.3. The fraction of sp³-hybridized carbons (Fsp3) is 0.550. The number of rotatable bonds is 9. The minimum Gasteiger partial charge on any atom is -0.491 e. The summed E-state index contributed by atoms with van der Waals surface area (Å²) < 4.78 is 47.9. The molecule has 2 rings (SSSR count). The van der Waals surface area contributed by atoms with Gasteiger partial charge in [0.25, 0.3) is 0 Å². The fourth-order valence-corrected chi connectivity index (χ4v) is 2.84. The fourth-order valence-electron chi connectivity index (χ4n) is 2.84. The van der Waals surface area contributed by atoms with Gasteiger partial charge < -0.3 is 19.9 Å². The van der Waals surface area contributed by atoms with Crippen molar-refractivity contribution in [3.05, 3.63) is 41.5 Å². The Hall–Kier alpha value is -2.78. The summed E-state index contributed by atoms with van der Waals surface area (Å²) in [7, 11) is 0. The average molecular weight is 426 g/mol. The van der Waals surface area contributed by atoms with Crippen LogP contribution in [-0.2, 0) is 25.7 Å². The van der Waals surface area contributed by atoms with E-state index >= 15 is 0 Å². The minimum atomic E-state index is -4.49. The van der Waals surface area contributed by atoms with Gasteiger partial charge in [0.15, 0.2) is 5.96 Å². The molecular weight excluding hydrogens is 397 g/mol. The van der Waals surface area contributed by atoms with Gasteiger partial charge in [-0.2, -0.15) is 13.2 Å². The van der Waals surface area contributed by atoms with E-state index in [4.69, 9.17) is 4.74 Å². The maximum absolute atomic E-state index is 13.5. The molecule has 0 spiro atoms. The second kappa shape index (κ2) is 10.8. The van der Waals surface area contributed by atoms with E-state index in [1.54, 1.807) is 26.2 Å². The van der Waals surface area contributed by atoms with Gasteiger partial charge >= 0.3 is 6.18 Å². The number of hydrogen-bond donors (Lipinski definition) is 2. The maximum Gasteiger partial charge on any atom is 0.416 e. The van der Waals surface area contributed by atoms with Crippen molar-refractivity contribution in [3.63, 3.8) is 0 Å². The van der Waals surface area contributed by atoms with E-state index in [9.17, 15) is 13.2 Å². The zero-order chi connectivity index (χ0) is 22.1. The van der Waals surface area contributed by atoms with Gasteiger partial charge in [-0.3, -0.25) is 0 Å². The van der Waals surface area contributed by atoms with E-state index in [-0.39, 0.29) is 24.0 Å². The Labute approximate surface area is 174 Å². The largest absolute Gasteiger partial charge is 0.491 e. The van der Waals surface area contributed by atoms with Crippen molar-refractivity contribution in [3.8, 4) is 5.75 Å². The van der Waals surface area contributed by atoms with Gasteiger partial charge in [0.2, 0.25) is 0 Å². The predicted molar refractivity (Wildman–Crippen MR) is 109 cm³/mol. The molecule has 0 fully saturated rings. The third-order valence-electron chi connectivity index (χ3n) is 4.17. The Morgan fingerprint density at radius 3 is 2.63 bits per heavy atom. The third kappa shape index (κ3) is 6.93. The van der Waals surface area contributed by atoms with E-state index in [2.05, 4.69) is 25.8 Å². The van der Waals surface area contributed by atoms with Gasteiger partial charge in [0.1, 0.15) is 17.9 Å². The van der Waals surface area contributed by atoms with Crippen molar-refractivity contribution < 1.29 is 17.9 Å². The van der Waals surface area contributed by atoms with E-state index in [1.165, 1.54) is 6.07 Å². The highest BCUT2D eigenvalue weighted by Gasteiger charge is 2.33. The molecule has 30 heavy (non-hydrogen) atoms. The molecule has 0 aliphatic rings. The molecule has 0 unspecified atom stereocenters. The van der Waals surface area contributed by atoms with Crippen LogP contribution in [0.5, 0.6) is 5.75 Å². The van der Waals surface area contributed by atoms with E-state index in [1.807, 2.05) is 18.4 Å². The number of nitrogens with zero attached hydrogens (tertiary/aromatic N) is 4. The number of aryl methyl sites for hydroxylation is 1. The number of aromatic nitrogens is 3. The molecule has 2 aromatic rings. The van der Waals surface area contributed by atoms with Crippen LogP contribution in [0, 0.1) is 0 Å². The van der Waals surface area contributed by atoms with Crippen LogP contribution in [0.15, 0.2) is 29.5 Å². The monoisotopic (exact) mass is 426 g/mol. The van der Waals surface area contributed by atoms with Gasteiger partial charge in [0.05, 0.1) is 18.2 Å². The second-order valence-electron chi connectivity index (χ2n) is 6.90. The molecule has 0 radical (unpaired) electrons. The lowest BCUT2D eigenvalue weighted by Crippen LogP contribution is -2.39. The Kier molecular flexibility index (Phi) is 8.49. The SMILES string of the molecule is CCNC(=NCc1ccc(OC(C)C)cc1C(F)(F)F)NCCn1cnnc1CC. The molecule has 1 aromatic heterocycles. The summed E-state index contributed by atoms with van der Waals surface area (Å²) in [4.78, 5) is 4.32. The molecule has 7 nitrogen and oxygen atoms in total. The van der Waals surface area contributed by atoms with Crippen molar-refractivity contribution in [2.24, 2.45) is 4.99 Å². The minimum absolute atomic E-state index is 0.0860. The first-order valence-electron chi connectivity index (χ1n) is 10.00. The lowest BCUT2D eigenvalue weighted by atomic mass is 10.1. The van der Waals surface area contributed by atoms with Gasteiger partial charge in [-0.05, 0) is 38.5 Å². The first-order chi connectivity index (χ1) is 14.2. The molecule has 166 valence electrons. The second-order valence-corrected chi connectivity index (χ2v) is 6.90. The first-order valence-corrected chi connectivity index (χ1v) is 10.00. The van der Waals surface area contributed by atoms with Crippen LogP contribution in [0.25, 0.3) is 0 Å². The number of alkyl halides is 3. The average Bonchev–Trinajstić information content (AvgIpc) is 3.13. The summed E-state index contributed by atoms with van der Waals surface area (Å²) in [6.07, 6.45) is -2.28. The van der Waals surface area contributed by atoms with Crippen molar-refractivity contribution in [2.45, 2.75) is 59.5 Å². The Morgan fingerprint density at radius 1 is 1.23 bits per heavy atom. The molecule has 0 bridgehead atoms. The summed E-state index contributed by atoms with van der Waals surface area (Å²) >= 11 is 0. The van der Waals surface area contributed by atoms with E-state index in [0.29, 0.717) is 25.6 Å². The van der Waals surface area contributed by atoms with Crippen molar-refractivity contribution in [2.75, 3.05) is 13.1 Å². The number of aliphatic imine (C=N–C) groups is 1. The molecule has 0 aliphatic carbocycles. The number of nitrogens with one attached hydrogen (secondary N) is 2. The van der Waals surface area contributed by atoms with Crippen molar-refractivity contribution >= 4 is 5.96 Å². The zero-order valence-corrected chi connectivity index (χ0v) is 17.8. The number of guanidine groups is 1. The van der Waals surface area contributed by atoms with E-state index in [0.717, 1.165) is 18.3 Å². The molecule has 10 heteroatoms. The summed E-state index contributed by atoms with van der Waals surface area (Å²) in [5.74, 6) is 1.51. The van der Waals surface area contributed by atoms with Crippen LogP contribution in [0.1, 0.15) is 44.6 Å². The lowest BCUT2D eigenvalue weighted by Gasteiger charge is -2.16. The molecule has 2 N–H and O–H groups in total. The molecule has 0 amide bonds. The van der Waals surface area contributed by atoms with Crippen LogP contribution >= 0.6 is 0 Å². The third-order valence-corrected chi connectivity index (χ3v) is 4.17. The van der Waals surface area contributed by atoms with Gasteiger partial charge in [0, 0.05) is 26.1 Å². The Morgan fingerprint density at radius 2 is 2.00 bits per heavy atom. The Balaban J connectivity index is 2.10. The summed E-state index contributed by atoms with van der Waals surface area (Å²) in [5.41, 5.74) is -0.653. The molecule has 1 aromatic carbocycles. The van der Waals surface area contributed by atoms with Gasteiger partial charge in [-0.1, -0.05) is 13.0 Å². The predicted octanol–water partition coefficient (Wildman–Crippen LogP) is 3.40. The van der Waals surface area contributed by atoms with Crippen molar-refractivity contribution in [1.82, 2.24) is 25.4 Å². The standard InChI is InChI=1S/C20H29F3N6O/c1-5-18-28-27-13-29(18)10-9-25-19(24-6-2)26-12-15-7-8-16(30-14(3)4)11-17(15)20(21,22)23/h7-8,11,13-14H,5-6,9-10,12H2,1-4H3,(H2,24,25,26). The molecule has 1 heterocycles. The topological polar surface area (TPSA) is 76.4 Å². The molecule has 0 saturated carbocycles. The number of halogens is 3. The number of benzene rings is 1. The Bertz CT molecular complexity index is 832. The molecule has 0 aliphatic heterocycles. The highest BCUT2D eigenvalue weighted by atomic mass is 19.4. The van der Waals surface area contributed by atoms with Crippen LogP contribution in [0.3, 0.4) is 0 Å². The highest BCUT2D eigenvalue weighted by molar-refractivity contribution is 5.79. The molecular formula is C20H29F3N6O. The summed E-state index contributed by atoms with van der Waals surface area (Å²) in [5, 5.41) is 14.1. The van der Waals surface area contributed by atoms with Crippen LogP contribution in [-0.4, -0.2) is 39.9 Å².